The van der Waals surface area contributed by atoms with Crippen LogP contribution < -0.4 is 5.32 Å². The Hall–Kier alpha value is -2.15. The van der Waals surface area contributed by atoms with Gasteiger partial charge in [-0.05, 0) is 37.8 Å². The summed E-state index contributed by atoms with van der Waals surface area (Å²) in [7, 11) is 0. The minimum atomic E-state index is -0.301. The van der Waals surface area contributed by atoms with Gasteiger partial charge in [-0.3, -0.25) is 4.79 Å². The third kappa shape index (κ3) is 4.10. The van der Waals surface area contributed by atoms with E-state index in [1.54, 1.807) is 0 Å². The van der Waals surface area contributed by atoms with Crippen molar-refractivity contribution >= 4 is 5.91 Å². The van der Waals surface area contributed by atoms with Crippen LogP contribution in [0, 0.1) is 5.92 Å². The number of ether oxygens (including phenoxy) is 1. The van der Waals surface area contributed by atoms with Crippen LogP contribution in [0.1, 0.15) is 63.3 Å². The average Bonchev–Trinajstić information content (AvgIpc) is 3.31. The number of nitrogens with zero attached hydrogens (tertiary/aromatic N) is 3. The minimum absolute atomic E-state index is 0.0583. The van der Waals surface area contributed by atoms with Gasteiger partial charge >= 0.3 is 0 Å². The van der Waals surface area contributed by atoms with Crippen molar-refractivity contribution in [1.82, 2.24) is 20.0 Å². The van der Waals surface area contributed by atoms with Crippen molar-refractivity contribution in [2.24, 2.45) is 5.92 Å². The molecule has 7 nitrogen and oxygen atoms in total. The molecule has 1 N–H and O–H groups in total. The highest BCUT2D eigenvalue weighted by Gasteiger charge is 2.32. The highest BCUT2D eigenvalue weighted by atomic mass is 16.5. The molecule has 0 radical (unpaired) electrons. The molecule has 3 heterocycles. The predicted octanol–water partition coefficient (Wildman–Crippen LogP) is 2.84. The zero-order chi connectivity index (χ0) is 17.8. The normalized spacial score (nSPS) is 18.2. The minimum Gasteiger partial charge on any atom is -0.381 e. The summed E-state index contributed by atoms with van der Waals surface area (Å²) >= 11 is 0. The number of hydrogen-bond donors (Lipinski definition) is 1. The van der Waals surface area contributed by atoms with Crippen molar-refractivity contribution in [3.8, 4) is 0 Å². The summed E-state index contributed by atoms with van der Waals surface area (Å²) in [6.45, 7) is 7.30. The number of carbonyl (C=O) groups excluding carboxylic acids is 1. The van der Waals surface area contributed by atoms with Crippen molar-refractivity contribution in [3.05, 3.63) is 36.2 Å². The molecule has 25 heavy (non-hydrogen) atoms. The van der Waals surface area contributed by atoms with Crippen LogP contribution in [-0.4, -0.2) is 33.8 Å². The zero-order valence-corrected chi connectivity index (χ0v) is 15.0. The number of amides is 1. The van der Waals surface area contributed by atoms with E-state index in [1.165, 1.54) is 0 Å². The van der Waals surface area contributed by atoms with Gasteiger partial charge in [0.25, 0.3) is 0 Å². The number of aromatic nitrogens is 3. The Balaban J connectivity index is 1.79. The van der Waals surface area contributed by atoms with Crippen molar-refractivity contribution in [2.75, 3.05) is 13.2 Å². The molecule has 0 bridgehead atoms. The van der Waals surface area contributed by atoms with E-state index in [1.807, 2.05) is 49.9 Å². The average molecular weight is 346 g/mol. The summed E-state index contributed by atoms with van der Waals surface area (Å²) in [6, 6.07) is 3.23. The van der Waals surface area contributed by atoms with Crippen molar-refractivity contribution in [1.29, 1.82) is 0 Å². The van der Waals surface area contributed by atoms with Gasteiger partial charge in [-0.2, -0.15) is 4.98 Å². The van der Waals surface area contributed by atoms with Crippen LogP contribution in [0.2, 0.25) is 0 Å². The maximum absolute atomic E-state index is 12.8. The summed E-state index contributed by atoms with van der Waals surface area (Å²) in [6.07, 6.45) is 5.50. The fourth-order valence-corrected chi connectivity index (χ4v) is 3.05. The molecule has 2 aromatic rings. The first-order chi connectivity index (χ1) is 12.1. The van der Waals surface area contributed by atoms with E-state index < -0.39 is 0 Å². The molecule has 0 aromatic carbocycles. The number of nitrogens with one attached hydrogen (secondary N) is 1. The van der Waals surface area contributed by atoms with E-state index in [9.17, 15) is 4.79 Å². The van der Waals surface area contributed by atoms with Crippen molar-refractivity contribution in [2.45, 2.75) is 51.6 Å². The Kier molecular flexibility index (Phi) is 5.53. The lowest BCUT2D eigenvalue weighted by Crippen LogP contribution is -2.39. The molecule has 0 saturated carbocycles. The monoisotopic (exact) mass is 346 g/mol. The van der Waals surface area contributed by atoms with Gasteiger partial charge in [-0.15, -0.1) is 0 Å². The van der Waals surface area contributed by atoms with Crippen LogP contribution >= 0.6 is 0 Å². The van der Waals surface area contributed by atoms with E-state index in [0.29, 0.717) is 24.9 Å². The molecule has 1 aliphatic rings. The van der Waals surface area contributed by atoms with Crippen LogP contribution in [0.25, 0.3) is 0 Å². The van der Waals surface area contributed by atoms with Crippen LogP contribution in [0.3, 0.4) is 0 Å². The Morgan fingerprint density at radius 3 is 2.52 bits per heavy atom. The van der Waals surface area contributed by atoms with Gasteiger partial charge in [0.2, 0.25) is 11.8 Å². The van der Waals surface area contributed by atoms with E-state index in [-0.39, 0.29) is 29.8 Å². The van der Waals surface area contributed by atoms with Gasteiger partial charge in [0.15, 0.2) is 5.82 Å². The predicted molar refractivity (Wildman–Crippen MR) is 92.0 cm³/mol. The molecule has 2 aromatic heterocycles. The van der Waals surface area contributed by atoms with Crippen molar-refractivity contribution in [3.63, 3.8) is 0 Å². The van der Waals surface area contributed by atoms with Gasteiger partial charge in [0.05, 0.1) is 0 Å². The van der Waals surface area contributed by atoms with E-state index >= 15 is 0 Å². The van der Waals surface area contributed by atoms with Gasteiger partial charge in [-0.25, -0.2) is 0 Å². The number of carbonyl (C=O) groups is 1. The molecular formula is C18H26N4O3. The molecule has 2 unspecified atom stereocenters. The van der Waals surface area contributed by atoms with E-state index in [0.717, 1.165) is 12.8 Å². The standard InChI is InChI=1S/C18H26N4O3/c1-12(2)16-20-18(25-21-16)15(14-6-10-24-11-7-14)19-17(23)13(3)22-8-4-5-9-22/h4-5,8-9,12-15H,6-7,10-11H2,1-3H3,(H,19,23). The SMILES string of the molecule is CC(C)c1noc(C(NC(=O)C(C)n2cccc2)C2CCOCC2)n1. The lowest BCUT2D eigenvalue weighted by atomic mass is 9.91. The maximum Gasteiger partial charge on any atom is 0.249 e. The summed E-state index contributed by atoms with van der Waals surface area (Å²) in [4.78, 5) is 17.3. The maximum atomic E-state index is 12.8. The molecule has 1 aliphatic heterocycles. The summed E-state index contributed by atoms with van der Waals surface area (Å²) in [5.74, 6) is 1.51. The second-order valence-corrected chi connectivity index (χ2v) is 6.89. The Morgan fingerprint density at radius 1 is 1.24 bits per heavy atom. The van der Waals surface area contributed by atoms with Crippen LogP contribution in [0.15, 0.2) is 29.0 Å². The highest BCUT2D eigenvalue weighted by molar-refractivity contribution is 5.80. The first-order valence-electron chi connectivity index (χ1n) is 8.90. The lowest BCUT2D eigenvalue weighted by Gasteiger charge is -2.29. The first-order valence-corrected chi connectivity index (χ1v) is 8.90. The van der Waals surface area contributed by atoms with E-state index in [2.05, 4.69) is 15.5 Å². The first kappa shape index (κ1) is 17.7. The topological polar surface area (TPSA) is 82.2 Å². The van der Waals surface area contributed by atoms with Gasteiger partial charge < -0.3 is 19.1 Å². The number of hydrogen-bond acceptors (Lipinski definition) is 5. The Morgan fingerprint density at radius 2 is 1.92 bits per heavy atom. The molecule has 2 atom stereocenters. The molecule has 3 rings (SSSR count). The molecule has 1 fully saturated rings. The summed E-state index contributed by atoms with van der Waals surface area (Å²) in [5, 5.41) is 7.19. The van der Waals surface area contributed by atoms with Gasteiger partial charge in [-0.1, -0.05) is 19.0 Å². The van der Waals surface area contributed by atoms with Crippen LogP contribution in [-0.2, 0) is 9.53 Å². The fourth-order valence-electron chi connectivity index (χ4n) is 3.05. The molecular weight excluding hydrogens is 320 g/mol. The quantitative estimate of drug-likeness (QED) is 0.870. The molecule has 136 valence electrons. The fraction of sp³-hybridized carbons (Fsp3) is 0.611. The molecule has 0 aliphatic carbocycles. The Bertz CT molecular complexity index is 674. The molecule has 7 heteroatoms. The van der Waals surface area contributed by atoms with Crippen molar-refractivity contribution < 1.29 is 14.1 Å². The highest BCUT2D eigenvalue weighted by Crippen LogP contribution is 2.30. The molecule has 1 saturated heterocycles. The summed E-state index contributed by atoms with van der Waals surface area (Å²) in [5.41, 5.74) is 0. The lowest BCUT2D eigenvalue weighted by molar-refractivity contribution is -0.125. The Labute approximate surface area is 147 Å². The van der Waals surface area contributed by atoms with Gasteiger partial charge in [0, 0.05) is 31.5 Å². The molecule has 0 spiro atoms. The third-order valence-corrected chi connectivity index (χ3v) is 4.73. The zero-order valence-electron chi connectivity index (χ0n) is 15.0. The molecule has 1 amide bonds. The second kappa shape index (κ2) is 7.82. The largest absolute Gasteiger partial charge is 0.381 e. The smallest absolute Gasteiger partial charge is 0.249 e. The van der Waals surface area contributed by atoms with Gasteiger partial charge in [0.1, 0.15) is 12.1 Å². The van der Waals surface area contributed by atoms with E-state index in [4.69, 9.17) is 9.26 Å². The second-order valence-electron chi connectivity index (χ2n) is 6.89. The summed E-state index contributed by atoms with van der Waals surface area (Å²) < 4.78 is 12.8. The van der Waals surface area contributed by atoms with Crippen LogP contribution in [0.4, 0.5) is 0 Å². The number of rotatable bonds is 6. The van der Waals surface area contributed by atoms with Crippen LogP contribution in [0.5, 0.6) is 0 Å². The third-order valence-electron chi connectivity index (χ3n) is 4.73.